The van der Waals surface area contributed by atoms with Crippen LogP contribution in [0.25, 0.3) is 0 Å². The maximum absolute atomic E-state index is 11.5. The number of aromatic nitrogens is 2. The van der Waals surface area contributed by atoms with Gasteiger partial charge in [-0.3, -0.25) is 0 Å². The molecule has 2 N–H and O–H groups in total. The number of anilines is 2. The molecule has 112 valence electrons. The lowest BCUT2D eigenvalue weighted by atomic mass is 10.2. The standard InChI is InChI=1S/C13H22N4O2S/c1-3-4-6-14-13-15-10(2)8-12(17-13)16-11-5-7-20(18,19)9-11/h8,11H,3-7,9H2,1-2H3,(H2,14,15,16,17). The lowest BCUT2D eigenvalue weighted by Crippen LogP contribution is -2.21. The monoisotopic (exact) mass is 298 g/mol. The van der Waals surface area contributed by atoms with Crippen LogP contribution in [0.4, 0.5) is 11.8 Å². The van der Waals surface area contributed by atoms with E-state index in [9.17, 15) is 8.42 Å². The molecule has 0 aromatic carbocycles. The van der Waals surface area contributed by atoms with E-state index in [0.29, 0.717) is 18.2 Å². The molecule has 6 nitrogen and oxygen atoms in total. The van der Waals surface area contributed by atoms with E-state index < -0.39 is 9.84 Å². The van der Waals surface area contributed by atoms with Crippen molar-refractivity contribution in [1.29, 1.82) is 0 Å². The zero-order chi connectivity index (χ0) is 14.6. The quantitative estimate of drug-likeness (QED) is 0.776. The fourth-order valence-electron chi connectivity index (χ4n) is 2.22. The molecule has 1 unspecified atom stereocenters. The summed E-state index contributed by atoms with van der Waals surface area (Å²) in [4.78, 5) is 8.72. The summed E-state index contributed by atoms with van der Waals surface area (Å²) in [7, 11) is -2.87. The van der Waals surface area contributed by atoms with Gasteiger partial charge in [0.2, 0.25) is 5.95 Å². The first-order chi connectivity index (χ1) is 9.48. The Hall–Kier alpha value is -1.37. The van der Waals surface area contributed by atoms with Crippen LogP contribution in [-0.4, -0.2) is 42.5 Å². The minimum absolute atomic E-state index is 0.0437. The average molecular weight is 298 g/mol. The summed E-state index contributed by atoms with van der Waals surface area (Å²) in [5.74, 6) is 1.74. The van der Waals surface area contributed by atoms with Gasteiger partial charge in [-0.25, -0.2) is 13.4 Å². The molecule has 0 saturated carbocycles. The molecular weight excluding hydrogens is 276 g/mol. The molecule has 1 aliphatic rings. The molecule has 2 heterocycles. The topological polar surface area (TPSA) is 84.0 Å². The van der Waals surface area contributed by atoms with Gasteiger partial charge in [-0.2, -0.15) is 4.98 Å². The Kier molecular flexibility index (Phi) is 4.80. The van der Waals surface area contributed by atoms with Crippen molar-refractivity contribution in [1.82, 2.24) is 9.97 Å². The zero-order valence-corrected chi connectivity index (χ0v) is 12.8. The third kappa shape index (κ3) is 4.33. The fourth-order valence-corrected chi connectivity index (χ4v) is 3.89. The minimum Gasteiger partial charge on any atom is -0.366 e. The minimum atomic E-state index is -2.87. The Labute approximate surface area is 120 Å². The average Bonchev–Trinajstić information content (AvgIpc) is 2.68. The molecule has 1 fully saturated rings. The Morgan fingerprint density at radius 3 is 2.85 bits per heavy atom. The molecule has 1 aliphatic heterocycles. The first kappa shape index (κ1) is 15.0. The van der Waals surface area contributed by atoms with E-state index in [1.807, 2.05) is 13.0 Å². The highest BCUT2D eigenvalue weighted by molar-refractivity contribution is 7.91. The molecule has 0 radical (unpaired) electrons. The van der Waals surface area contributed by atoms with Gasteiger partial charge in [0, 0.05) is 24.3 Å². The van der Waals surface area contributed by atoms with Gasteiger partial charge in [-0.15, -0.1) is 0 Å². The molecule has 0 aliphatic carbocycles. The van der Waals surface area contributed by atoms with Crippen LogP contribution in [0.5, 0.6) is 0 Å². The Balaban J connectivity index is 2.00. The van der Waals surface area contributed by atoms with E-state index in [-0.39, 0.29) is 17.5 Å². The highest BCUT2D eigenvalue weighted by Crippen LogP contribution is 2.17. The first-order valence-electron chi connectivity index (χ1n) is 7.05. The summed E-state index contributed by atoms with van der Waals surface area (Å²) in [6.45, 7) is 4.88. The molecule has 20 heavy (non-hydrogen) atoms. The number of hydrogen-bond acceptors (Lipinski definition) is 6. The maximum atomic E-state index is 11.5. The van der Waals surface area contributed by atoms with Crippen molar-refractivity contribution in [3.63, 3.8) is 0 Å². The summed E-state index contributed by atoms with van der Waals surface area (Å²) in [6, 6.07) is 1.80. The van der Waals surface area contributed by atoms with Crippen LogP contribution in [0.15, 0.2) is 6.07 Å². The van der Waals surface area contributed by atoms with E-state index >= 15 is 0 Å². The van der Waals surface area contributed by atoms with E-state index in [1.165, 1.54) is 0 Å². The molecule has 1 aromatic heterocycles. The predicted octanol–water partition coefficient (Wildman–Crippen LogP) is 1.60. The smallest absolute Gasteiger partial charge is 0.224 e. The molecule has 1 saturated heterocycles. The number of nitrogens with zero attached hydrogens (tertiary/aromatic N) is 2. The molecule has 7 heteroatoms. The van der Waals surface area contributed by atoms with Crippen molar-refractivity contribution in [3.8, 4) is 0 Å². The normalized spacial score (nSPS) is 20.8. The van der Waals surface area contributed by atoms with Crippen LogP contribution in [0, 0.1) is 6.92 Å². The fraction of sp³-hybridized carbons (Fsp3) is 0.692. The van der Waals surface area contributed by atoms with Crippen LogP contribution in [0.2, 0.25) is 0 Å². The van der Waals surface area contributed by atoms with Gasteiger partial charge in [-0.05, 0) is 19.8 Å². The van der Waals surface area contributed by atoms with Gasteiger partial charge in [-0.1, -0.05) is 13.3 Å². The van der Waals surface area contributed by atoms with Crippen molar-refractivity contribution >= 4 is 21.6 Å². The van der Waals surface area contributed by atoms with Gasteiger partial charge in [0.15, 0.2) is 9.84 Å². The Morgan fingerprint density at radius 1 is 1.40 bits per heavy atom. The molecule has 0 bridgehead atoms. The Morgan fingerprint density at radius 2 is 2.20 bits per heavy atom. The number of rotatable bonds is 6. The van der Waals surface area contributed by atoms with Gasteiger partial charge >= 0.3 is 0 Å². The zero-order valence-electron chi connectivity index (χ0n) is 12.0. The van der Waals surface area contributed by atoms with Crippen LogP contribution in [0.3, 0.4) is 0 Å². The first-order valence-corrected chi connectivity index (χ1v) is 8.87. The predicted molar refractivity (Wildman–Crippen MR) is 80.8 cm³/mol. The van der Waals surface area contributed by atoms with Gasteiger partial charge < -0.3 is 10.6 Å². The third-order valence-electron chi connectivity index (χ3n) is 3.25. The van der Waals surface area contributed by atoms with Crippen LogP contribution < -0.4 is 10.6 Å². The van der Waals surface area contributed by atoms with Crippen LogP contribution in [-0.2, 0) is 9.84 Å². The lowest BCUT2D eigenvalue weighted by Gasteiger charge is -2.13. The summed E-state index contributed by atoms with van der Waals surface area (Å²) in [6.07, 6.45) is 2.83. The summed E-state index contributed by atoms with van der Waals surface area (Å²) < 4.78 is 22.9. The van der Waals surface area contributed by atoms with Gasteiger partial charge in [0.1, 0.15) is 5.82 Å². The molecule has 1 aromatic rings. The number of hydrogen-bond donors (Lipinski definition) is 2. The largest absolute Gasteiger partial charge is 0.366 e. The number of nitrogens with one attached hydrogen (secondary N) is 2. The van der Waals surface area contributed by atoms with E-state index in [2.05, 4.69) is 27.5 Å². The summed E-state index contributed by atoms with van der Waals surface area (Å²) in [5.41, 5.74) is 0.863. The second kappa shape index (κ2) is 6.39. The van der Waals surface area contributed by atoms with Crippen molar-refractivity contribution in [2.45, 2.75) is 39.2 Å². The maximum Gasteiger partial charge on any atom is 0.224 e. The number of unbranched alkanes of at least 4 members (excludes halogenated alkanes) is 1. The molecule has 1 atom stereocenters. The van der Waals surface area contributed by atoms with Crippen LogP contribution >= 0.6 is 0 Å². The van der Waals surface area contributed by atoms with E-state index in [4.69, 9.17) is 0 Å². The Bertz CT molecular complexity index is 559. The van der Waals surface area contributed by atoms with Crippen molar-refractivity contribution < 1.29 is 8.42 Å². The van der Waals surface area contributed by atoms with Gasteiger partial charge in [0.25, 0.3) is 0 Å². The van der Waals surface area contributed by atoms with Crippen molar-refractivity contribution in [3.05, 3.63) is 11.8 Å². The molecule has 0 amide bonds. The van der Waals surface area contributed by atoms with Crippen LogP contribution in [0.1, 0.15) is 31.9 Å². The number of sulfone groups is 1. The van der Waals surface area contributed by atoms with E-state index in [0.717, 1.165) is 25.1 Å². The molecular formula is C13H22N4O2S. The summed E-state index contributed by atoms with van der Waals surface area (Å²) >= 11 is 0. The van der Waals surface area contributed by atoms with Crippen molar-refractivity contribution in [2.75, 3.05) is 28.7 Å². The van der Waals surface area contributed by atoms with Crippen molar-refractivity contribution in [2.24, 2.45) is 0 Å². The highest BCUT2D eigenvalue weighted by atomic mass is 32.2. The third-order valence-corrected chi connectivity index (χ3v) is 5.02. The molecule has 2 rings (SSSR count). The molecule has 0 spiro atoms. The summed E-state index contributed by atoms with van der Waals surface area (Å²) in [5, 5.41) is 6.39. The lowest BCUT2D eigenvalue weighted by molar-refractivity contribution is 0.602. The van der Waals surface area contributed by atoms with E-state index in [1.54, 1.807) is 0 Å². The highest BCUT2D eigenvalue weighted by Gasteiger charge is 2.28. The van der Waals surface area contributed by atoms with Gasteiger partial charge in [0.05, 0.1) is 11.5 Å². The second-order valence-corrected chi connectivity index (χ2v) is 7.47. The second-order valence-electron chi connectivity index (χ2n) is 5.24. The number of aryl methyl sites for hydroxylation is 1. The SMILES string of the molecule is CCCCNc1nc(C)cc(NC2CCS(=O)(=O)C2)n1.